The van der Waals surface area contributed by atoms with Crippen LogP contribution in [0.4, 0.5) is 5.69 Å². The maximum Gasteiger partial charge on any atom is 0.224 e. The lowest BCUT2D eigenvalue weighted by Crippen LogP contribution is -2.45. The van der Waals surface area contributed by atoms with Crippen LogP contribution in [0.2, 0.25) is 0 Å². The number of anilines is 1. The molecule has 3 aliphatic heterocycles. The molecular formula is C28H31N3O3. The van der Waals surface area contributed by atoms with E-state index < -0.39 is 0 Å². The maximum atomic E-state index is 11.8. The second kappa shape index (κ2) is 8.91. The molecule has 3 aromatic rings. The fourth-order valence-corrected chi connectivity index (χ4v) is 5.62. The van der Waals surface area contributed by atoms with Crippen molar-refractivity contribution in [1.29, 1.82) is 0 Å². The Morgan fingerprint density at radius 1 is 1.15 bits per heavy atom. The summed E-state index contributed by atoms with van der Waals surface area (Å²) in [5, 5.41) is 4.06. The highest BCUT2D eigenvalue weighted by atomic mass is 16.6. The predicted molar refractivity (Wildman–Crippen MR) is 133 cm³/mol. The fourth-order valence-electron chi connectivity index (χ4n) is 5.62. The Balaban J connectivity index is 1.11. The van der Waals surface area contributed by atoms with Gasteiger partial charge in [-0.15, -0.1) is 0 Å². The molecule has 1 unspecified atom stereocenters. The molecule has 3 aliphatic rings. The van der Waals surface area contributed by atoms with E-state index in [0.29, 0.717) is 18.9 Å². The molecule has 0 spiro atoms. The number of aromatic nitrogens is 1. The first kappa shape index (κ1) is 21.4. The number of rotatable bonds is 4. The summed E-state index contributed by atoms with van der Waals surface area (Å²) in [6, 6.07) is 14.7. The SMILES string of the molecule is Cc1ccc2c3c(ccc2n1)OC[C@H](CN1CCCC(Cc2ccc4c(c2)NC(=O)CC4)C1)O3. The van der Waals surface area contributed by atoms with E-state index in [0.717, 1.165) is 66.3 Å². The van der Waals surface area contributed by atoms with Gasteiger partial charge in [0.2, 0.25) is 5.91 Å². The van der Waals surface area contributed by atoms with Gasteiger partial charge in [-0.05, 0) is 86.5 Å². The Kier molecular flexibility index (Phi) is 5.61. The van der Waals surface area contributed by atoms with E-state index in [1.807, 2.05) is 25.1 Å². The number of hydrogen-bond acceptors (Lipinski definition) is 5. The van der Waals surface area contributed by atoms with Crippen molar-refractivity contribution in [3.63, 3.8) is 0 Å². The van der Waals surface area contributed by atoms with Crippen LogP contribution in [0.15, 0.2) is 42.5 Å². The zero-order valence-corrected chi connectivity index (χ0v) is 19.7. The summed E-state index contributed by atoms with van der Waals surface area (Å²) in [6.45, 7) is 5.60. The Labute approximate surface area is 200 Å². The van der Waals surface area contributed by atoms with E-state index in [1.54, 1.807) is 0 Å². The van der Waals surface area contributed by atoms with Gasteiger partial charge in [0.05, 0.1) is 5.52 Å². The van der Waals surface area contributed by atoms with Crippen molar-refractivity contribution in [3.05, 3.63) is 59.3 Å². The molecule has 6 rings (SSSR count). The quantitative estimate of drug-likeness (QED) is 0.624. The number of carbonyl (C=O) groups is 1. The lowest BCUT2D eigenvalue weighted by atomic mass is 9.90. The number of benzene rings is 2. The van der Waals surface area contributed by atoms with E-state index in [-0.39, 0.29) is 12.0 Å². The summed E-state index contributed by atoms with van der Waals surface area (Å²) in [5.74, 6) is 2.37. The topological polar surface area (TPSA) is 63.7 Å². The monoisotopic (exact) mass is 457 g/mol. The average molecular weight is 458 g/mol. The number of pyridine rings is 1. The molecule has 6 nitrogen and oxygen atoms in total. The minimum atomic E-state index is 0.0112. The van der Waals surface area contributed by atoms with Crippen molar-refractivity contribution < 1.29 is 14.3 Å². The van der Waals surface area contributed by atoms with E-state index >= 15 is 0 Å². The molecule has 1 amide bonds. The Hall–Kier alpha value is -3.12. The van der Waals surface area contributed by atoms with Gasteiger partial charge in [0.15, 0.2) is 11.5 Å². The Bertz CT molecular complexity index is 1240. The number of hydrogen-bond donors (Lipinski definition) is 1. The van der Waals surface area contributed by atoms with Crippen LogP contribution in [0.25, 0.3) is 10.9 Å². The zero-order chi connectivity index (χ0) is 23.1. The molecular weight excluding hydrogens is 426 g/mol. The van der Waals surface area contributed by atoms with Crippen molar-refractivity contribution in [3.8, 4) is 11.5 Å². The molecule has 0 aliphatic carbocycles. The second-order valence-electron chi connectivity index (χ2n) is 9.97. The standard InChI is InChI=1S/C28H31N3O3/c1-18-4-8-23-24(29-18)9-10-26-28(23)34-22(17-33-26)16-31-12-2-3-20(15-31)13-19-5-6-21-7-11-27(32)30-25(21)14-19/h4-6,8-10,14,20,22H,2-3,7,11-13,15-17H2,1H3,(H,30,32)/t20?,22-/m0/s1. The van der Waals surface area contributed by atoms with E-state index in [9.17, 15) is 4.79 Å². The third kappa shape index (κ3) is 4.34. The van der Waals surface area contributed by atoms with Crippen molar-refractivity contribution in [2.24, 2.45) is 5.92 Å². The number of amides is 1. The summed E-state index contributed by atoms with van der Waals surface area (Å²) >= 11 is 0. The summed E-state index contributed by atoms with van der Waals surface area (Å²) in [5.41, 5.74) is 5.52. The number of nitrogens with one attached hydrogen (secondary N) is 1. The van der Waals surface area contributed by atoms with E-state index in [2.05, 4.69) is 39.5 Å². The Morgan fingerprint density at radius 2 is 2.09 bits per heavy atom. The predicted octanol–water partition coefficient (Wildman–Crippen LogP) is 4.52. The van der Waals surface area contributed by atoms with Gasteiger partial charge in [-0.3, -0.25) is 14.7 Å². The van der Waals surface area contributed by atoms with Crippen LogP contribution >= 0.6 is 0 Å². The molecule has 0 bridgehead atoms. The summed E-state index contributed by atoms with van der Waals surface area (Å²) in [6.07, 6.45) is 4.92. The molecule has 0 saturated carbocycles. The van der Waals surface area contributed by atoms with Crippen LogP contribution in [-0.2, 0) is 17.6 Å². The third-order valence-corrected chi connectivity index (χ3v) is 7.29. The van der Waals surface area contributed by atoms with Crippen molar-refractivity contribution in [2.45, 2.75) is 45.1 Å². The minimum absolute atomic E-state index is 0.0112. The first-order valence-corrected chi connectivity index (χ1v) is 12.4. The first-order chi connectivity index (χ1) is 16.6. The van der Waals surface area contributed by atoms with Gasteiger partial charge in [-0.1, -0.05) is 12.1 Å². The normalized spacial score (nSPS) is 22.3. The molecule has 4 heterocycles. The van der Waals surface area contributed by atoms with Crippen LogP contribution in [0.1, 0.15) is 36.1 Å². The summed E-state index contributed by atoms with van der Waals surface area (Å²) in [7, 11) is 0. The molecule has 0 radical (unpaired) electrons. The largest absolute Gasteiger partial charge is 0.486 e. The smallest absolute Gasteiger partial charge is 0.224 e. The maximum absolute atomic E-state index is 11.8. The molecule has 2 atom stereocenters. The van der Waals surface area contributed by atoms with Gasteiger partial charge in [0.25, 0.3) is 0 Å². The number of fused-ring (bicyclic) bond motifs is 4. The fraction of sp³-hybridized carbons (Fsp3) is 0.429. The highest BCUT2D eigenvalue weighted by Crippen LogP contribution is 2.38. The van der Waals surface area contributed by atoms with Gasteiger partial charge >= 0.3 is 0 Å². The third-order valence-electron chi connectivity index (χ3n) is 7.29. The summed E-state index contributed by atoms with van der Waals surface area (Å²) in [4.78, 5) is 18.9. The van der Waals surface area contributed by atoms with E-state index in [4.69, 9.17) is 9.47 Å². The van der Waals surface area contributed by atoms with Crippen molar-refractivity contribution in [1.82, 2.24) is 9.88 Å². The van der Waals surface area contributed by atoms with Gasteiger partial charge < -0.3 is 14.8 Å². The van der Waals surface area contributed by atoms with Crippen molar-refractivity contribution >= 4 is 22.5 Å². The molecule has 6 heteroatoms. The number of likely N-dealkylation sites (tertiary alicyclic amines) is 1. The molecule has 2 aromatic carbocycles. The number of carbonyl (C=O) groups excluding carboxylic acids is 1. The van der Waals surface area contributed by atoms with Crippen LogP contribution in [0.3, 0.4) is 0 Å². The highest BCUT2D eigenvalue weighted by molar-refractivity contribution is 5.94. The van der Waals surface area contributed by atoms with Gasteiger partial charge in [0, 0.05) is 36.3 Å². The lowest BCUT2D eigenvalue weighted by Gasteiger charge is -2.36. The minimum Gasteiger partial charge on any atom is -0.486 e. The second-order valence-corrected chi connectivity index (χ2v) is 9.97. The molecule has 1 saturated heterocycles. The number of aryl methyl sites for hydroxylation is 2. The van der Waals surface area contributed by atoms with Gasteiger partial charge in [-0.25, -0.2) is 0 Å². The lowest BCUT2D eigenvalue weighted by molar-refractivity contribution is -0.116. The van der Waals surface area contributed by atoms with Crippen molar-refractivity contribution in [2.75, 3.05) is 31.6 Å². The summed E-state index contributed by atoms with van der Waals surface area (Å²) < 4.78 is 12.6. The van der Waals surface area contributed by atoms with E-state index in [1.165, 1.54) is 24.0 Å². The van der Waals surface area contributed by atoms with Crippen LogP contribution in [-0.4, -0.2) is 48.1 Å². The number of piperidine rings is 1. The number of nitrogens with zero attached hydrogens (tertiary/aromatic N) is 2. The molecule has 34 heavy (non-hydrogen) atoms. The number of ether oxygens (including phenoxy) is 2. The Morgan fingerprint density at radius 3 is 3.03 bits per heavy atom. The molecule has 176 valence electrons. The van der Waals surface area contributed by atoms with Gasteiger partial charge in [0.1, 0.15) is 12.7 Å². The molecule has 1 aromatic heterocycles. The van der Waals surface area contributed by atoms with Crippen LogP contribution in [0, 0.1) is 12.8 Å². The van der Waals surface area contributed by atoms with Crippen LogP contribution in [0.5, 0.6) is 11.5 Å². The zero-order valence-electron chi connectivity index (χ0n) is 19.7. The molecule has 1 fully saturated rings. The highest BCUT2D eigenvalue weighted by Gasteiger charge is 2.28. The first-order valence-electron chi connectivity index (χ1n) is 12.4. The average Bonchev–Trinajstić information content (AvgIpc) is 2.83. The van der Waals surface area contributed by atoms with Crippen LogP contribution < -0.4 is 14.8 Å². The van der Waals surface area contributed by atoms with Gasteiger partial charge in [-0.2, -0.15) is 0 Å². The molecule has 1 N–H and O–H groups in total.